The van der Waals surface area contributed by atoms with Gasteiger partial charge in [0.15, 0.2) is 0 Å². The molecule has 3 heteroatoms. The first-order valence-corrected chi connectivity index (χ1v) is 4.68. The van der Waals surface area contributed by atoms with Gasteiger partial charge in [-0.25, -0.2) is 0 Å². The summed E-state index contributed by atoms with van der Waals surface area (Å²) in [5.41, 5.74) is 0. The van der Waals surface area contributed by atoms with Gasteiger partial charge < -0.3 is 14.9 Å². The summed E-state index contributed by atoms with van der Waals surface area (Å²) in [6, 6.07) is 0. The lowest BCUT2D eigenvalue weighted by Crippen LogP contribution is -2.19. The fourth-order valence-corrected chi connectivity index (χ4v) is 0.903. The third-order valence-corrected chi connectivity index (χ3v) is 1.66. The second-order valence-electron chi connectivity index (χ2n) is 2.97. The van der Waals surface area contributed by atoms with Crippen LogP contribution in [0.15, 0.2) is 0 Å². The summed E-state index contributed by atoms with van der Waals surface area (Å²) in [6.07, 6.45) is 3.99. The molecule has 0 rings (SSSR count). The van der Waals surface area contributed by atoms with Crippen LogP contribution >= 0.6 is 0 Å². The number of rotatable bonds is 8. The van der Waals surface area contributed by atoms with Gasteiger partial charge in [0.05, 0.1) is 13.2 Å². The minimum Gasteiger partial charge on any atom is -0.394 e. The summed E-state index contributed by atoms with van der Waals surface area (Å²) >= 11 is 0. The van der Waals surface area contributed by atoms with Gasteiger partial charge in [-0.3, -0.25) is 0 Å². The van der Waals surface area contributed by atoms with E-state index in [1.54, 1.807) is 0 Å². The molecule has 0 saturated heterocycles. The minimum atomic E-state index is -0.712. The molecule has 3 nitrogen and oxygen atoms in total. The van der Waals surface area contributed by atoms with Crippen molar-refractivity contribution in [2.24, 2.45) is 0 Å². The fraction of sp³-hybridized carbons (Fsp3) is 1.00. The number of aliphatic hydroxyl groups excluding tert-OH is 2. The van der Waals surface area contributed by atoms with Gasteiger partial charge in [0.1, 0.15) is 6.10 Å². The van der Waals surface area contributed by atoms with Crippen molar-refractivity contribution in [3.05, 3.63) is 0 Å². The Morgan fingerprint density at radius 3 is 2.58 bits per heavy atom. The van der Waals surface area contributed by atoms with Crippen LogP contribution in [0.5, 0.6) is 0 Å². The molecule has 0 fully saturated rings. The van der Waals surface area contributed by atoms with Crippen LogP contribution in [0.4, 0.5) is 0 Å². The van der Waals surface area contributed by atoms with Crippen LogP contribution in [-0.4, -0.2) is 36.1 Å². The quantitative estimate of drug-likeness (QED) is 0.541. The number of hydrogen-bond donors (Lipinski definition) is 2. The van der Waals surface area contributed by atoms with Crippen LogP contribution in [0, 0.1) is 0 Å². The monoisotopic (exact) mass is 176 g/mol. The molecule has 74 valence electrons. The molecule has 0 amide bonds. The van der Waals surface area contributed by atoms with Gasteiger partial charge in [-0.2, -0.15) is 0 Å². The van der Waals surface area contributed by atoms with E-state index in [4.69, 9.17) is 14.9 Å². The maximum atomic E-state index is 8.89. The van der Waals surface area contributed by atoms with Gasteiger partial charge in [0, 0.05) is 6.61 Å². The average molecular weight is 176 g/mol. The second kappa shape index (κ2) is 8.97. The standard InChI is InChI=1S/C9H20O3/c1-2-3-4-5-6-12-8-9(11)7-10/h9-11H,2-8H2,1H3/t9-/m1/s1. The Bertz CT molecular complexity index is 85.8. The average Bonchev–Trinajstić information content (AvgIpc) is 2.10. The van der Waals surface area contributed by atoms with Crippen molar-refractivity contribution < 1.29 is 14.9 Å². The van der Waals surface area contributed by atoms with Crippen molar-refractivity contribution in [3.8, 4) is 0 Å². The van der Waals surface area contributed by atoms with Crippen LogP contribution in [-0.2, 0) is 4.74 Å². The first kappa shape index (κ1) is 11.9. The molecule has 0 bridgehead atoms. The molecule has 0 unspecified atom stereocenters. The molecule has 0 aromatic heterocycles. The molecule has 0 heterocycles. The van der Waals surface area contributed by atoms with E-state index in [0.717, 1.165) is 6.42 Å². The van der Waals surface area contributed by atoms with E-state index >= 15 is 0 Å². The Labute approximate surface area is 74.4 Å². The molecule has 2 N–H and O–H groups in total. The molecule has 0 spiro atoms. The Morgan fingerprint density at radius 1 is 1.25 bits per heavy atom. The highest BCUT2D eigenvalue weighted by atomic mass is 16.5. The molecular weight excluding hydrogens is 156 g/mol. The highest BCUT2D eigenvalue weighted by Crippen LogP contribution is 1.98. The van der Waals surface area contributed by atoms with Gasteiger partial charge in [0.25, 0.3) is 0 Å². The van der Waals surface area contributed by atoms with Crippen molar-refractivity contribution in [3.63, 3.8) is 0 Å². The van der Waals surface area contributed by atoms with Gasteiger partial charge in [-0.1, -0.05) is 26.2 Å². The maximum absolute atomic E-state index is 8.89. The molecule has 0 aromatic rings. The first-order valence-electron chi connectivity index (χ1n) is 4.68. The van der Waals surface area contributed by atoms with E-state index in [1.165, 1.54) is 19.3 Å². The molecule has 12 heavy (non-hydrogen) atoms. The van der Waals surface area contributed by atoms with Crippen molar-refractivity contribution in [1.82, 2.24) is 0 Å². The lowest BCUT2D eigenvalue weighted by atomic mass is 10.2. The van der Waals surface area contributed by atoms with Crippen LogP contribution in [0.2, 0.25) is 0 Å². The SMILES string of the molecule is CCCCCCOC[C@H](O)CO. The largest absolute Gasteiger partial charge is 0.394 e. The fourth-order valence-electron chi connectivity index (χ4n) is 0.903. The smallest absolute Gasteiger partial charge is 0.100 e. The molecule has 0 aromatic carbocycles. The van der Waals surface area contributed by atoms with Crippen LogP contribution < -0.4 is 0 Å². The third kappa shape index (κ3) is 7.98. The van der Waals surface area contributed by atoms with E-state index in [0.29, 0.717) is 6.61 Å². The van der Waals surface area contributed by atoms with E-state index in [1.807, 2.05) is 0 Å². The zero-order chi connectivity index (χ0) is 9.23. The molecule has 0 saturated carbocycles. The number of aliphatic hydroxyl groups is 2. The Morgan fingerprint density at radius 2 is 2.00 bits per heavy atom. The van der Waals surface area contributed by atoms with Crippen LogP contribution in [0.1, 0.15) is 32.6 Å². The Balaban J connectivity index is 2.90. The topological polar surface area (TPSA) is 49.7 Å². The van der Waals surface area contributed by atoms with Gasteiger partial charge >= 0.3 is 0 Å². The first-order chi connectivity index (χ1) is 5.81. The van der Waals surface area contributed by atoms with Gasteiger partial charge in [-0.05, 0) is 6.42 Å². The number of ether oxygens (including phenoxy) is 1. The zero-order valence-electron chi connectivity index (χ0n) is 7.83. The van der Waals surface area contributed by atoms with Crippen LogP contribution in [0.3, 0.4) is 0 Å². The van der Waals surface area contributed by atoms with Crippen molar-refractivity contribution in [2.45, 2.75) is 38.7 Å². The van der Waals surface area contributed by atoms with Crippen molar-refractivity contribution in [2.75, 3.05) is 19.8 Å². The molecule has 0 aliphatic heterocycles. The maximum Gasteiger partial charge on any atom is 0.100 e. The summed E-state index contributed by atoms with van der Waals surface area (Å²) in [7, 11) is 0. The van der Waals surface area contributed by atoms with Gasteiger partial charge in [0.2, 0.25) is 0 Å². The van der Waals surface area contributed by atoms with Gasteiger partial charge in [-0.15, -0.1) is 0 Å². The lowest BCUT2D eigenvalue weighted by molar-refractivity contribution is 0.00528. The second-order valence-corrected chi connectivity index (χ2v) is 2.97. The summed E-state index contributed by atoms with van der Waals surface area (Å²) in [6.45, 7) is 2.89. The third-order valence-electron chi connectivity index (χ3n) is 1.66. The molecule has 1 atom stereocenters. The minimum absolute atomic E-state index is 0.213. The van der Waals surface area contributed by atoms with Crippen molar-refractivity contribution >= 4 is 0 Å². The van der Waals surface area contributed by atoms with E-state index in [2.05, 4.69) is 6.92 Å². The summed E-state index contributed by atoms with van der Waals surface area (Å²) in [4.78, 5) is 0. The highest BCUT2D eigenvalue weighted by Gasteiger charge is 2.00. The lowest BCUT2D eigenvalue weighted by Gasteiger charge is -2.07. The molecular formula is C9H20O3. The normalized spacial score (nSPS) is 13.2. The van der Waals surface area contributed by atoms with E-state index in [9.17, 15) is 0 Å². The predicted octanol–water partition coefficient (Wildman–Crippen LogP) is 0.936. The molecule has 0 aliphatic carbocycles. The molecule has 0 aliphatic rings. The van der Waals surface area contributed by atoms with Crippen molar-refractivity contribution in [1.29, 1.82) is 0 Å². The van der Waals surface area contributed by atoms with E-state index in [-0.39, 0.29) is 13.2 Å². The molecule has 0 radical (unpaired) electrons. The Kier molecular flexibility index (Phi) is 8.88. The summed E-state index contributed by atoms with van der Waals surface area (Å²) in [5.74, 6) is 0. The number of hydrogen-bond acceptors (Lipinski definition) is 3. The number of unbranched alkanes of at least 4 members (excludes halogenated alkanes) is 3. The predicted molar refractivity (Wildman–Crippen MR) is 48.1 cm³/mol. The Hall–Kier alpha value is -0.120. The zero-order valence-corrected chi connectivity index (χ0v) is 7.83. The summed E-state index contributed by atoms with van der Waals surface area (Å²) < 4.78 is 5.12. The highest BCUT2D eigenvalue weighted by molar-refractivity contribution is 4.48. The summed E-state index contributed by atoms with van der Waals surface area (Å²) in [5, 5.41) is 17.3. The van der Waals surface area contributed by atoms with E-state index < -0.39 is 6.10 Å². The van der Waals surface area contributed by atoms with Crippen LogP contribution in [0.25, 0.3) is 0 Å².